The summed E-state index contributed by atoms with van der Waals surface area (Å²) in [5.74, 6) is 5.73. The minimum atomic E-state index is -2.89. The molecule has 7 aliphatic rings. The Morgan fingerprint density at radius 1 is 1.00 bits per heavy atom. The van der Waals surface area contributed by atoms with Crippen molar-refractivity contribution < 1.29 is 23.4 Å². The summed E-state index contributed by atoms with van der Waals surface area (Å²) in [7, 11) is -2.89. The molecule has 1 heterocycles. The van der Waals surface area contributed by atoms with Crippen molar-refractivity contribution in [1.82, 2.24) is 10.2 Å². The molecule has 0 spiro atoms. The van der Waals surface area contributed by atoms with Crippen LogP contribution in [0.1, 0.15) is 112 Å². The fraction of sp³-hybridized carbons (Fsp3) is 0.795. The highest BCUT2D eigenvalue weighted by Crippen LogP contribution is 2.76. The molecular formula is C44H66N2O5S. The van der Waals surface area contributed by atoms with Gasteiger partial charge in [-0.15, -0.1) is 6.42 Å². The normalized spacial score (nSPS) is 45.2. The quantitative estimate of drug-likeness (QED) is 0.182. The van der Waals surface area contributed by atoms with E-state index in [-0.39, 0.29) is 45.3 Å². The Morgan fingerprint density at radius 2 is 1.73 bits per heavy atom. The summed E-state index contributed by atoms with van der Waals surface area (Å²) in [5.41, 5.74) is 2.96. The highest BCUT2D eigenvalue weighted by Gasteiger charge is 2.71. The average Bonchev–Trinajstić information content (AvgIpc) is 3.49. The van der Waals surface area contributed by atoms with Crippen LogP contribution in [0.5, 0.6) is 0 Å². The zero-order valence-corrected chi connectivity index (χ0v) is 33.6. The first kappa shape index (κ1) is 38.4. The summed E-state index contributed by atoms with van der Waals surface area (Å²) in [6.45, 7) is 19.6. The van der Waals surface area contributed by atoms with Crippen molar-refractivity contribution in [2.24, 2.45) is 56.7 Å². The van der Waals surface area contributed by atoms with Crippen LogP contribution in [0.3, 0.4) is 0 Å². The maximum Gasteiger partial charge on any atom is 0.312 e. The maximum atomic E-state index is 12.1. The number of nitrogens with zero attached hydrogens (tertiary/aromatic N) is 1. The number of rotatable bonds is 8. The first-order valence-electron chi connectivity index (χ1n) is 20.5. The number of fused-ring (bicyclic) bond motifs is 7. The standard InChI is InChI=1S/C44H66N2O5S/c1-8-43-21-22-44(45-23-24-46-25-27-52(50,51)28-26-46)20-13-32(30(2)3)37(44)34(43)9-10-36-40(6)16-14-33(39(4,5)35(40)15-17-41(36,43)7)31-11-18-42(29-47,19-12-31)38(48)49/h1,11,14,32,34-37,45,47H,2,9-10,12-13,15-29H2,3-7H3,(H,48,49)/t32-,34+,35-,36+,37+,40-,41+,42+,43+,44-/m0/s1. The topological polar surface area (TPSA) is 107 Å². The molecule has 3 N–H and O–H groups in total. The Morgan fingerprint density at radius 3 is 2.35 bits per heavy atom. The summed E-state index contributed by atoms with van der Waals surface area (Å²) in [5, 5.41) is 24.1. The number of sulfone groups is 1. The number of carbonyl (C=O) groups is 1. The van der Waals surface area contributed by atoms with Crippen molar-refractivity contribution in [3.63, 3.8) is 0 Å². The molecule has 4 saturated carbocycles. The predicted octanol–water partition coefficient (Wildman–Crippen LogP) is 7.04. The largest absolute Gasteiger partial charge is 0.481 e. The Balaban J connectivity index is 1.16. The summed E-state index contributed by atoms with van der Waals surface area (Å²) < 4.78 is 24.1. The summed E-state index contributed by atoms with van der Waals surface area (Å²) in [6, 6.07) is 0. The van der Waals surface area contributed by atoms with Crippen molar-refractivity contribution in [2.45, 2.75) is 117 Å². The zero-order chi connectivity index (χ0) is 37.5. The molecule has 0 aromatic carbocycles. The lowest BCUT2D eigenvalue weighted by molar-refractivity contribution is -0.205. The second-order valence-corrected chi connectivity index (χ2v) is 22.0. The zero-order valence-electron chi connectivity index (χ0n) is 32.7. The fourth-order valence-electron chi connectivity index (χ4n) is 14.6. The molecule has 288 valence electrons. The van der Waals surface area contributed by atoms with Crippen molar-refractivity contribution >= 4 is 15.8 Å². The molecule has 0 radical (unpaired) electrons. The van der Waals surface area contributed by atoms with Gasteiger partial charge in [-0.1, -0.05) is 57.9 Å². The van der Waals surface area contributed by atoms with E-state index in [1.54, 1.807) is 0 Å². The lowest BCUT2D eigenvalue weighted by atomic mass is 9.32. The maximum absolute atomic E-state index is 12.1. The van der Waals surface area contributed by atoms with Crippen molar-refractivity contribution in [1.29, 1.82) is 0 Å². The van der Waals surface area contributed by atoms with Crippen molar-refractivity contribution in [3.05, 3.63) is 35.5 Å². The SMILES string of the molecule is C#C[C@@]12CC[C@@]3(NCCN4CCS(=O)(=O)CC4)CC[C@@H](C(=C)C)[C@@H]3[C@H]1CC[C@@H]1[C@@]3(C)CC=C(C4=CC[C@@](CO)(C(=O)O)CC4)C(C)(C)[C@@H]3CC[C@]12C. The van der Waals surface area contributed by atoms with Gasteiger partial charge in [0.15, 0.2) is 9.84 Å². The van der Waals surface area contributed by atoms with Gasteiger partial charge < -0.3 is 20.4 Å². The molecule has 0 bridgehead atoms. The minimum Gasteiger partial charge on any atom is -0.481 e. The summed E-state index contributed by atoms with van der Waals surface area (Å²) >= 11 is 0. The number of aliphatic carboxylic acids is 1. The van der Waals surface area contributed by atoms with Gasteiger partial charge in [0.2, 0.25) is 0 Å². The van der Waals surface area contributed by atoms with Crippen LogP contribution in [0.2, 0.25) is 0 Å². The minimum absolute atomic E-state index is 0.0383. The number of hydrogen-bond acceptors (Lipinski definition) is 6. The van der Waals surface area contributed by atoms with E-state index in [4.69, 9.17) is 6.42 Å². The molecule has 6 aliphatic carbocycles. The molecule has 5 fully saturated rings. The first-order valence-corrected chi connectivity index (χ1v) is 22.3. The number of aliphatic hydroxyl groups is 1. The van der Waals surface area contributed by atoms with Crippen molar-refractivity contribution in [2.75, 3.05) is 44.3 Å². The Labute approximate surface area is 314 Å². The van der Waals surface area contributed by atoms with Crippen LogP contribution in [-0.4, -0.2) is 79.3 Å². The lowest BCUT2D eigenvalue weighted by Crippen LogP contribution is -2.68. The third-order valence-electron chi connectivity index (χ3n) is 17.4. The van der Waals surface area contributed by atoms with Crippen LogP contribution in [-0.2, 0) is 14.6 Å². The molecule has 0 aromatic heterocycles. The van der Waals surface area contributed by atoms with Gasteiger partial charge in [-0.25, -0.2) is 8.42 Å². The molecule has 10 atom stereocenters. The number of allylic oxidation sites excluding steroid dienone is 5. The van der Waals surface area contributed by atoms with Crippen LogP contribution in [0.15, 0.2) is 35.5 Å². The van der Waals surface area contributed by atoms with Gasteiger partial charge in [0.25, 0.3) is 0 Å². The van der Waals surface area contributed by atoms with Crippen LogP contribution >= 0.6 is 0 Å². The molecule has 1 aliphatic heterocycles. The molecule has 52 heavy (non-hydrogen) atoms. The number of hydrogen-bond donors (Lipinski definition) is 3. The van der Waals surface area contributed by atoms with E-state index >= 15 is 0 Å². The molecule has 0 unspecified atom stereocenters. The van der Waals surface area contributed by atoms with E-state index in [2.05, 4.69) is 69.5 Å². The number of carboxylic acids is 1. The lowest BCUT2D eigenvalue weighted by Gasteiger charge is -2.71. The van der Waals surface area contributed by atoms with E-state index in [1.165, 1.54) is 23.1 Å². The molecule has 0 aromatic rings. The number of nitrogens with one attached hydrogen (secondary N) is 1. The van der Waals surface area contributed by atoms with Crippen LogP contribution in [0.25, 0.3) is 0 Å². The van der Waals surface area contributed by atoms with E-state index in [0.717, 1.165) is 64.5 Å². The summed E-state index contributed by atoms with van der Waals surface area (Å²) in [4.78, 5) is 14.4. The van der Waals surface area contributed by atoms with Gasteiger partial charge in [-0.2, -0.15) is 0 Å². The average molecular weight is 735 g/mol. The first-order chi connectivity index (χ1) is 24.4. The Bertz CT molecular complexity index is 1680. The predicted molar refractivity (Wildman–Crippen MR) is 208 cm³/mol. The van der Waals surface area contributed by atoms with Gasteiger partial charge in [-0.05, 0) is 141 Å². The monoisotopic (exact) mass is 734 g/mol. The molecule has 0 amide bonds. The van der Waals surface area contributed by atoms with Crippen LogP contribution in [0, 0.1) is 69.0 Å². The van der Waals surface area contributed by atoms with E-state index in [1.807, 2.05) is 0 Å². The third kappa shape index (κ3) is 5.59. The van der Waals surface area contributed by atoms with E-state index in [9.17, 15) is 23.4 Å². The smallest absolute Gasteiger partial charge is 0.312 e. The third-order valence-corrected chi connectivity index (χ3v) is 19.0. The number of terminal acetylenes is 1. The second-order valence-electron chi connectivity index (χ2n) is 19.7. The van der Waals surface area contributed by atoms with E-state index < -0.39 is 21.2 Å². The highest BCUT2D eigenvalue weighted by atomic mass is 32.2. The number of carboxylic acid groups (broad SMARTS) is 1. The Hall–Kier alpha value is -1.92. The van der Waals surface area contributed by atoms with Crippen molar-refractivity contribution in [3.8, 4) is 12.3 Å². The van der Waals surface area contributed by atoms with Gasteiger partial charge in [0.05, 0.1) is 23.5 Å². The van der Waals surface area contributed by atoms with Crippen LogP contribution in [0.4, 0.5) is 0 Å². The number of aliphatic hydroxyl groups excluding tert-OH is 1. The molecule has 8 heteroatoms. The highest BCUT2D eigenvalue weighted by molar-refractivity contribution is 7.91. The van der Waals surface area contributed by atoms with Crippen LogP contribution < -0.4 is 5.32 Å². The second kappa shape index (κ2) is 13.1. The fourth-order valence-corrected chi connectivity index (χ4v) is 15.8. The molecule has 7 rings (SSSR count). The Kier molecular flexibility index (Phi) is 9.66. The van der Waals surface area contributed by atoms with Gasteiger partial charge in [-0.3, -0.25) is 4.79 Å². The van der Waals surface area contributed by atoms with Gasteiger partial charge in [0, 0.05) is 37.1 Å². The molecule has 7 nitrogen and oxygen atoms in total. The van der Waals surface area contributed by atoms with Gasteiger partial charge >= 0.3 is 5.97 Å². The van der Waals surface area contributed by atoms with Gasteiger partial charge in [0.1, 0.15) is 0 Å². The molecule has 1 saturated heterocycles. The summed E-state index contributed by atoms with van der Waals surface area (Å²) in [6.07, 6.45) is 23.3. The van der Waals surface area contributed by atoms with E-state index in [0.29, 0.717) is 61.9 Å². The molecular weight excluding hydrogens is 669 g/mol.